The maximum atomic E-state index is 12.7. The Hall–Kier alpha value is -1.55. The first-order valence-corrected chi connectivity index (χ1v) is 3.48. The molecule has 0 amide bonds. The zero-order valence-electron chi connectivity index (χ0n) is 7.17. The van der Waals surface area contributed by atoms with Gasteiger partial charge in [-0.2, -0.15) is 0 Å². The Bertz CT molecular complexity index is 336. The Morgan fingerprint density at radius 3 is 2.62 bits per heavy atom. The van der Waals surface area contributed by atoms with Crippen LogP contribution < -0.4 is 5.18 Å². The summed E-state index contributed by atoms with van der Waals surface area (Å²) in [5, 5.41) is 1.73. The molecule has 1 aromatic rings. The molecule has 0 unspecified atom stereocenters. The second-order valence-electron chi connectivity index (χ2n) is 2.57. The largest absolute Gasteiger partial charge is 0.870 e. The Labute approximate surface area is 75.2 Å². The van der Waals surface area contributed by atoms with Crippen molar-refractivity contribution >= 4 is 11.3 Å². The molecule has 3 nitrogen and oxygen atoms in total. The average Bonchev–Trinajstić information content (AvgIpc) is 2.04. The van der Waals surface area contributed by atoms with E-state index >= 15 is 0 Å². The normalized spacial score (nSPS) is 8.77. The zero-order chi connectivity index (χ0) is 9.14. The highest BCUT2D eigenvalue weighted by atomic mass is 19.1. The molecule has 0 aromatic heterocycles. The number of halogens is 1. The van der Waals surface area contributed by atoms with Crippen LogP contribution in [0.3, 0.4) is 0 Å². The van der Waals surface area contributed by atoms with E-state index in [1.54, 1.807) is 12.1 Å². The van der Waals surface area contributed by atoms with Crippen molar-refractivity contribution in [1.82, 2.24) is 0 Å². The molecule has 0 saturated heterocycles. The molecule has 0 atom stereocenters. The first kappa shape index (κ1) is 11.4. The molecule has 0 aliphatic carbocycles. The fourth-order valence-electron chi connectivity index (χ4n) is 0.959. The second kappa shape index (κ2) is 4.47. The lowest BCUT2D eigenvalue weighted by molar-refractivity contribution is -0.379. The van der Waals surface area contributed by atoms with E-state index in [1.165, 1.54) is 18.2 Å². The van der Waals surface area contributed by atoms with E-state index < -0.39 is 0 Å². The Balaban J connectivity index is 0.00000144. The van der Waals surface area contributed by atoms with Gasteiger partial charge >= 0.3 is 0 Å². The van der Waals surface area contributed by atoms with Gasteiger partial charge in [0.2, 0.25) is 0 Å². The predicted octanol–water partition coefficient (Wildman–Crippen LogP) is 1.16. The topological polar surface area (TPSA) is 61.0 Å². The Kier molecular flexibility index (Phi) is 3.94. The molecule has 0 saturated carbocycles. The summed E-state index contributed by atoms with van der Waals surface area (Å²) in [5.41, 5.74) is 1.53. The lowest BCUT2D eigenvalue weighted by Crippen LogP contribution is -2.56. The van der Waals surface area contributed by atoms with Crippen molar-refractivity contribution in [3.63, 3.8) is 0 Å². The standard InChI is InChI=1S/C9H8FNO.H2O/c1-6(2)8-5-7(10)3-4-9(8)11-12;/h3-5H,1H2,2H3;1H2. The average molecular weight is 183 g/mol. The van der Waals surface area contributed by atoms with Gasteiger partial charge in [-0.3, -0.25) is 0 Å². The van der Waals surface area contributed by atoms with E-state index in [0.29, 0.717) is 16.8 Å². The number of hydrogen-bond donors (Lipinski definition) is 1. The fourth-order valence-corrected chi connectivity index (χ4v) is 0.959. The predicted molar refractivity (Wildman–Crippen MR) is 47.0 cm³/mol. The van der Waals surface area contributed by atoms with Gasteiger partial charge in [-0.25, -0.2) is 4.39 Å². The van der Waals surface area contributed by atoms with Crippen LogP contribution in [0.4, 0.5) is 10.1 Å². The summed E-state index contributed by atoms with van der Waals surface area (Å²) >= 11 is 0. The summed E-state index contributed by atoms with van der Waals surface area (Å²) in [5.74, 6) is -0.369. The third kappa shape index (κ3) is 2.45. The molecule has 1 aromatic carbocycles. The van der Waals surface area contributed by atoms with Crippen LogP contribution in [0.2, 0.25) is 0 Å². The van der Waals surface area contributed by atoms with Gasteiger partial charge in [0.1, 0.15) is 5.82 Å². The van der Waals surface area contributed by atoms with Gasteiger partial charge in [-0.05, 0) is 24.6 Å². The van der Waals surface area contributed by atoms with Crippen LogP contribution in [0.15, 0.2) is 24.8 Å². The van der Waals surface area contributed by atoms with Crippen molar-refractivity contribution < 1.29 is 15.0 Å². The summed E-state index contributed by atoms with van der Waals surface area (Å²) in [7, 11) is 0. The summed E-state index contributed by atoms with van der Waals surface area (Å²) in [6.45, 7) is 5.35. The smallest absolute Gasteiger partial charge is 0.260 e. The highest BCUT2D eigenvalue weighted by Gasteiger charge is 2.09. The van der Waals surface area contributed by atoms with Crippen molar-refractivity contribution in [2.45, 2.75) is 6.92 Å². The quantitative estimate of drug-likeness (QED) is 0.747. The number of nitrogens with one attached hydrogen (secondary N) is 1. The Morgan fingerprint density at radius 1 is 1.54 bits per heavy atom. The summed E-state index contributed by atoms with van der Waals surface area (Å²) < 4.78 is 12.7. The van der Waals surface area contributed by atoms with Crippen LogP contribution in [0.25, 0.3) is 5.57 Å². The highest BCUT2D eigenvalue weighted by Crippen LogP contribution is 2.18. The monoisotopic (exact) mass is 183 g/mol. The minimum atomic E-state index is -0.369. The van der Waals surface area contributed by atoms with Gasteiger partial charge in [-0.1, -0.05) is 6.58 Å². The molecule has 0 radical (unpaired) electrons. The Morgan fingerprint density at radius 2 is 2.15 bits per heavy atom. The summed E-state index contributed by atoms with van der Waals surface area (Å²) in [4.78, 5) is 10.4. The minimum absolute atomic E-state index is 0. The molecular formula is C9H10FNO2. The van der Waals surface area contributed by atoms with Gasteiger partial charge in [-0.15, -0.1) is 0 Å². The molecule has 0 fully saturated rings. The maximum Gasteiger partial charge on any atom is 0.260 e. The zero-order valence-corrected chi connectivity index (χ0v) is 7.17. The minimum Gasteiger partial charge on any atom is -0.870 e. The van der Waals surface area contributed by atoms with Gasteiger partial charge in [0, 0.05) is 16.2 Å². The molecule has 1 rings (SSSR count). The van der Waals surface area contributed by atoms with Crippen molar-refractivity contribution in [3.8, 4) is 0 Å². The van der Waals surface area contributed by atoms with Gasteiger partial charge < -0.3 is 5.48 Å². The first-order valence-electron chi connectivity index (χ1n) is 3.48. The number of hydrogen-bond acceptors (Lipinski definition) is 2. The van der Waals surface area contributed by atoms with Crippen molar-refractivity contribution in [2.24, 2.45) is 0 Å². The molecule has 0 bridgehead atoms. The van der Waals surface area contributed by atoms with Crippen LogP contribution in [0.1, 0.15) is 12.5 Å². The van der Waals surface area contributed by atoms with Crippen LogP contribution in [0, 0.1) is 10.7 Å². The lowest BCUT2D eigenvalue weighted by Gasteiger charge is -1.97. The number of benzene rings is 1. The molecule has 2 N–H and O–H groups in total. The van der Waals surface area contributed by atoms with Crippen molar-refractivity contribution in [3.05, 3.63) is 41.1 Å². The summed E-state index contributed by atoms with van der Waals surface area (Å²) in [6, 6.07) is 3.90. The van der Waals surface area contributed by atoms with E-state index in [2.05, 4.69) is 6.58 Å². The molecular weight excluding hydrogens is 173 g/mol. The molecule has 0 heterocycles. The van der Waals surface area contributed by atoms with Gasteiger partial charge in [0.05, 0.1) is 5.56 Å². The first-order chi connectivity index (χ1) is 5.65. The number of rotatable bonds is 2. The van der Waals surface area contributed by atoms with Crippen LogP contribution >= 0.6 is 0 Å². The molecule has 0 aliphatic rings. The third-order valence-corrected chi connectivity index (χ3v) is 1.55. The molecule has 13 heavy (non-hydrogen) atoms. The number of allylic oxidation sites excluding steroid dienone is 1. The van der Waals surface area contributed by atoms with Crippen LogP contribution in [-0.4, -0.2) is 5.48 Å². The second-order valence-corrected chi connectivity index (χ2v) is 2.57. The highest BCUT2D eigenvalue weighted by molar-refractivity contribution is 5.69. The molecule has 0 aliphatic heterocycles. The van der Waals surface area contributed by atoms with E-state index in [0.717, 1.165) is 0 Å². The summed E-state index contributed by atoms with van der Waals surface area (Å²) in [6.07, 6.45) is 0. The van der Waals surface area contributed by atoms with E-state index in [-0.39, 0.29) is 11.3 Å². The SMILES string of the molecule is C=C(C)c1cc(F)ccc1[NH+]=O.[OH-]. The molecule has 70 valence electrons. The van der Waals surface area contributed by atoms with E-state index in [4.69, 9.17) is 0 Å². The third-order valence-electron chi connectivity index (χ3n) is 1.55. The van der Waals surface area contributed by atoms with Crippen molar-refractivity contribution in [2.75, 3.05) is 0 Å². The molecule has 4 heteroatoms. The van der Waals surface area contributed by atoms with Crippen LogP contribution in [-0.2, 0) is 0 Å². The van der Waals surface area contributed by atoms with Gasteiger partial charge in [0.15, 0.2) is 0 Å². The molecule has 0 spiro atoms. The van der Waals surface area contributed by atoms with Gasteiger partial charge in [0.25, 0.3) is 5.69 Å². The van der Waals surface area contributed by atoms with Crippen LogP contribution in [0.5, 0.6) is 0 Å². The number of nitroso groups, excluding NO2 is 1. The van der Waals surface area contributed by atoms with Crippen molar-refractivity contribution in [1.29, 1.82) is 0 Å². The van der Waals surface area contributed by atoms with E-state index in [1.807, 2.05) is 0 Å². The fraction of sp³-hybridized carbons (Fsp3) is 0.111. The maximum absolute atomic E-state index is 12.7. The lowest BCUT2D eigenvalue weighted by atomic mass is 10.1. The van der Waals surface area contributed by atoms with E-state index in [9.17, 15) is 9.30 Å².